The van der Waals surface area contributed by atoms with E-state index in [1.54, 1.807) is 17.3 Å². The molecule has 2 radical (unpaired) electrons. The molecule has 37 heavy (non-hydrogen) atoms. The van der Waals surface area contributed by atoms with Crippen LogP contribution in [-0.4, -0.2) is 90.4 Å². The molecular weight excluding hydrogens is 471 g/mol. The van der Waals surface area contributed by atoms with Crippen LogP contribution in [0.5, 0.6) is 0 Å². The summed E-state index contributed by atoms with van der Waals surface area (Å²) in [5, 5.41) is 2.89. The van der Waals surface area contributed by atoms with Crippen LogP contribution >= 0.6 is 0 Å². The highest BCUT2D eigenvalue weighted by Crippen LogP contribution is 2.27. The third kappa shape index (κ3) is 5.70. The van der Waals surface area contributed by atoms with Gasteiger partial charge in [0.1, 0.15) is 0 Å². The van der Waals surface area contributed by atoms with Crippen LogP contribution in [0.4, 0.5) is 17.2 Å². The number of amides is 2. The summed E-state index contributed by atoms with van der Waals surface area (Å²) < 4.78 is 5.43. The molecule has 0 aliphatic carbocycles. The van der Waals surface area contributed by atoms with Crippen LogP contribution in [0.1, 0.15) is 16.1 Å². The van der Waals surface area contributed by atoms with Crippen molar-refractivity contribution in [2.75, 3.05) is 61.9 Å². The molecule has 3 N–H and O–H groups in total. The zero-order chi connectivity index (χ0) is 25.8. The molecule has 0 atom stereocenters. The minimum atomic E-state index is -0.469. The first-order valence-corrected chi connectivity index (χ1v) is 12.1. The van der Waals surface area contributed by atoms with Gasteiger partial charge in [0, 0.05) is 44.5 Å². The van der Waals surface area contributed by atoms with Gasteiger partial charge in [0.2, 0.25) is 5.91 Å². The Labute approximate surface area is 216 Å². The van der Waals surface area contributed by atoms with Gasteiger partial charge in [-0.15, -0.1) is 0 Å². The third-order valence-corrected chi connectivity index (χ3v) is 6.39. The number of benzene rings is 1. The lowest BCUT2D eigenvalue weighted by Crippen LogP contribution is -2.48. The van der Waals surface area contributed by atoms with E-state index in [2.05, 4.69) is 25.2 Å². The fourth-order valence-corrected chi connectivity index (χ4v) is 4.34. The number of nitrogen functional groups attached to an aromatic ring is 1. The molecule has 0 spiro atoms. The molecule has 2 fully saturated rings. The Bertz CT molecular complexity index is 1280. The Morgan fingerprint density at radius 1 is 1.08 bits per heavy atom. The molecular formula is C25H27BN8O3. The second-order valence-corrected chi connectivity index (χ2v) is 8.92. The van der Waals surface area contributed by atoms with Gasteiger partial charge < -0.3 is 30.4 Å². The number of aromatic nitrogens is 3. The fourth-order valence-electron chi connectivity index (χ4n) is 4.34. The van der Waals surface area contributed by atoms with Crippen molar-refractivity contribution in [3.8, 4) is 11.3 Å². The summed E-state index contributed by atoms with van der Waals surface area (Å²) in [5.41, 5.74) is 9.75. The van der Waals surface area contributed by atoms with Crippen molar-refractivity contribution in [3.63, 3.8) is 0 Å². The number of rotatable bonds is 6. The number of nitrogens with one attached hydrogen (secondary N) is 1. The number of pyridine rings is 1. The number of piperazine rings is 1. The van der Waals surface area contributed by atoms with Gasteiger partial charge in [0.15, 0.2) is 19.5 Å². The number of anilines is 3. The summed E-state index contributed by atoms with van der Waals surface area (Å²) in [5.74, 6) is -0.431. The summed E-state index contributed by atoms with van der Waals surface area (Å²) in [6, 6.07) is 9.49. The lowest BCUT2D eigenvalue weighted by molar-refractivity contribution is -0.134. The molecule has 3 aromatic rings. The van der Waals surface area contributed by atoms with Crippen LogP contribution in [0, 0.1) is 0 Å². The van der Waals surface area contributed by atoms with Crippen molar-refractivity contribution in [2.24, 2.45) is 0 Å². The number of carbonyl (C=O) groups is 2. The Hall–Kier alpha value is -4.03. The van der Waals surface area contributed by atoms with Gasteiger partial charge in [0.05, 0.1) is 49.2 Å². The molecule has 0 saturated carbocycles. The third-order valence-electron chi connectivity index (χ3n) is 6.39. The highest BCUT2D eigenvalue weighted by Gasteiger charge is 2.22. The van der Waals surface area contributed by atoms with E-state index >= 15 is 0 Å². The molecule has 4 heterocycles. The van der Waals surface area contributed by atoms with Crippen molar-refractivity contribution in [3.05, 3.63) is 60.2 Å². The number of hydrogen-bond acceptors (Lipinski definition) is 9. The predicted molar refractivity (Wildman–Crippen MR) is 140 cm³/mol. The largest absolute Gasteiger partial charge is 0.382 e. The number of nitrogens with two attached hydrogens (primary N) is 1. The minimum Gasteiger partial charge on any atom is -0.382 e. The van der Waals surface area contributed by atoms with Crippen LogP contribution in [0.15, 0.2) is 48.9 Å². The van der Waals surface area contributed by atoms with Gasteiger partial charge in [-0.05, 0) is 11.6 Å². The quantitative estimate of drug-likeness (QED) is 0.477. The Morgan fingerprint density at radius 3 is 2.62 bits per heavy atom. The summed E-state index contributed by atoms with van der Waals surface area (Å²) in [6.07, 6.45) is 4.83. The van der Waals surface area contributed by atoms with Crippen LogP contribution < -0.4 is 16.0 Å². The average Bonchev–Trinajstić information content (AvgIpc) is 2.92. The number of nitrogens with zero attached hydrogens (tertiary/aromatic N) is 6. The fraction of sp³-hybridized carbons (Fsp3) is 0.320. The van der Waals surface area contributed by atoms with Crippen molar-refractivity contribution in [2.45, 2.75) is 6.54 Å². The first-order chi connectivity index (χ1) is 18.0. The highest BCUT2D eigenvalue weighted by molar-refractivity contribution is 6.07. The standard InChI is InChI=1S/C25H27BN8O3/c26-34-8-7-33(22(35)16-34)15-17-1-3-18(4-2-17)19-14-29-24(27)23(30-19)25(36)31-20-13-28-6-5-21(20)32-9-11-37-12-10-32/h1-6,13-14H,7-12,15-16H2,(H2,27,29)(H,31,36). The topological polar surface area (TPSA) is 130 Å². The Morgan fingerprint density at radius 2 is 1.86 bits per heavy atom. The number of morpholine rings is 1. The van der Waals surface area contributed by atoms with Crippen LogP contribution in [0.25, 0.3) is 11.3 Å². The average molecular weight is 498 g/mol. The van der Waals surface area contributed by atoms with Crippen LogP contribution in [0.3, 0.4) is 0 Å². The van der Waals surface area contributed by atoms with Crippen molar-refractivity contribution < 1.29 is 14.3 Å². The van der Waals surface area contributed by atoms with E-state index in [-0.39, 0.29) is 24.0 Å². The van der Waals surface area contributed by atoms with Crippen molar-refractivity contribution >= 4 is 37.0 Å². The van der Waals surface area contributed by atoms with E-state index in [0.717, 1.165) is 29.9 Å². The molecule has 12 heteroatoms. The van der Waals surface area contributed by atoms with E-state index in [1.165, 1.54) is 11.0 Å². The number of carbonyl (C=O) groups excluding carboxylic acids is 2. The van der Waals surface area contributed by atoms with Crippen molar-refractivity contribution in [1.82, 2.24) is 24.7 Å². The maximum absolute atomic E-state index is 13.2. The van der Waals surface area contributed by atoms with Gasteiger partial charge in [-0.2, -0.15) is 0 Å². The lowest BCUT2D eigenvalue weighted by Gasteiger charge is -2.32. The van der Waals surface area contributed by atoms with E-state index in [1.807, 2.05) is 30.3 Å². The molecule has 11 nitrogen and oxygen atoms in total. The normalized spacial score (nSPS) is 16.6. The zero-order valence-corrected chi connectivity index (χ0v) is 20.3. The summed E-state index contributed by atoms with van der Waals surface area (Å²) in [6.45, 7) is 4.63. The molecule has 2 aliphatic heterocycles. The van der Waals surface area contributed by atoms with E-state index in [9.17, 15) is 9.59 Å². The molecule has 2 aromatic heterocycles. The van der Waals surface area contributed by atoms with Gasteiger partial charge in [-0.25, -0.2) is 9.97 Å². The van der Waals surface area contributed by atoms with Gasteiger partial charge in [0.25, 0.3) is 5.91 Å². The molecule has 2 aliphatic rings. The van der Waals surface area contributed by atoms with Gasteiger partial charge >= 0.3 is 0 Å². The number of ether oxygens (including phenoxy) is 1. The smallest absolute Gasteiger partial charge is 0.278 e. The van der Waals surface area contributed by atoms with E-state index in [4.69, 9.17) is 18.5 Å². The maximum atomic E-state index is 13.2. The zero-order valence-electron chi connectivity index (χ0n) is 20.3. The predicted octanol–water partition coefficient (Wildman–Crippen LogP) is 0.937. The second kappa shape index (κ2) is 10.9. The lowest BCUT2D eigenvalue weighted by atomic mass is 10.1. The molecule has 0 bridgehead atoms. The molecule has 5 rings (SSSR count). The minimum absolute atomic E-state index is 0.00303. The molecule has 0 unspecified atom stereocenters. The van der Waals surface area contributed by atoms with Crippen molar-refractivity contribution in [1.29, 1.82) is 0 Å². The van der Waals surface area contributed by atoms with E-state index < -0.39 is 5.91 Å². The van der Waals surface area contributed by atoms with Crippen LogP contribution in [-0.2, 0) is 16.1 Å². The molecule has 188 valence electrons. The number of hydrogen-bond donors (Lipinski definition) is 2. The van der Waals surface area contributed by atoms with Gasteiger partial charge in [-0.3, -0.25) is 14.6 Å². The molecule has 2 saturated heterocycles. The molecule has 2 amide bonds. The summed E-state index contributed by atoms with van der Waals surface area (Å²) >= 11 is 0. The Balaban J connectivity index is 1.31. The summed E-state index contributed by atoms with van der Waals surface area (Å²) in [4.78, 5) is 43.7. The van der Waals surface area contributed by atoms with Crippen LogP contribution in [0.2, 0.25) is 0 Å². The Kier molecular flexibility index (Phi) is 7.29. The SMILES string of the molecule is [B]N1CCN(Cc2ccc(-c3cnc(N)c(C(=O)Nc4cnccc4N4CCOCC4)n3)cc2)C(=O)C1. The van der Waals surface area contributed by atoms with Gasteiger partial charge in [-0.1, -0.05) is 24.3 Å². The molecule has 1 aromatic carbocycles. The summed E-state index contributed by atoms with van der Waals surface area (Å²) in [7, 11) is 5.72. The first-order valence-electron chi connectivity index (χ1n) is 12.1. The highest BCUT2D eigenvalue weighted by atomic mass is 16.5. The first kappa shape index (κ1) is 24.7. The van der Waals surface area contributed by atoms with E-state index in [0.29, 0.717) is 44.2 Å². The monoisotopic (exact) mass is 498 g/mol. The maximum Gasteiger partial charge on any atom is 0.278 e. The second-order valence-electron chi connectivity index (χ2n) is 8.92.